The number of carbonyl (C=O) groups excluding carboxylic acids is 3. The lowest BCUT2D eigenvalue weighted by atomic mass is 9.98. The quantitative estimate of drug-likeness (QED) is 0.0228. The highest BCUT2D eigenvalue weighted by molar-refractivity contribution is 5.74. The normalized spacial score (nSPS) is 18.9. The van der Waals surface area contributed by atoms with E-state index in [2.05, 4.69) is 81.5 Å². The molecule has 0 aromatic carbocycles. The fraction of sp³-hybridized carbons (Fsp3) is 0.705. The Bertz CT molecular complexity index is 1590. The minimum Gasteiger partial charge on any atom is -0.479 e. The van der Waals surface area contributed by atoms with Crippen LogP contribution >= 0.6 is 0 Å². The van der Waals surface area contributed by atoms with Crippen LogP contribution in [0.5, 0.6) is 0 Å². The minimum atomic E-state index is -1.94. The van der Waals surface area contributed by atoms with Gasteiger partial charge in [-0.05, 0) is 96.3 Å². The van der Waals surface area contributed by atoms with E-state index in [1.807, 2.05) is 12.2 Å². The summed E-state index contributed by atoms with van der Waals surface area (Å²) in [5.41, 5.74) is 0. The molecule has 1 fully saturated rings. The van der Waals surface area contributed by atoms with Crippen molar-refractivity contribution in [2.24, 2.45) is 0 Å². The van der Waals surface area contributed by atoms with Gasteiger partial charge in [-0.3, -0.25) is 14.4 Å². The molecule has 0 aliphatic carbocycles. The molecule has 0 aromatic heterocycles. The van der Waals surface area contributed by atoms with E-state index >= 15 is 0 Å². The van der Waals surface area contributed by atoms with Crippen LogP contribution in [0, 0.1) is 0 Å². The highest BCUT2D eigenvalue weighted by atomic mass is 16.7. The fourth-order valence-electron chi connectivity index (χ4n) is 8.08. The molecule has 1 aliphatic heterocycles. The molecule has 6 unspecified atom stereocenters. The third-order valence-corrected chi connectivity index (χ3v) is 12.5. The number of aliphatic carboxylic acids is 1. The number of aliphatic hydroxyl groups is 2. The maximum atomic E-state index is 13.1. The first-order valence-electron chi connectivity index (χ1n) is 28.6. The third kappa shape index (κ3) is 39.0. The molecule has 12 nitrogen and oxygen atoms in total. The molecule has 0 amide bonds. The zero-order valence-corrected chi connectivity index (χ0v) is 45.6. The summed E-state index contributed by atoms with van der Waals surface area (Å²) >= 11 is 0. The molecule has 1 saturated heterocycles. The van der Waals surface area contributed by atoms with Crippen molar-refractivity contribution >= 4 is 23.9 Å². The summed E-state index contributed by atoms with van der Waals surface area (Å²) in [5, 5.41) is 31.4. The number of esters is 3. The molecule has 0 bridgehead atoms. The van der Waals surface area contributed by atoms with E-state index in [9.17, 15) is 34.5 Å². The van der Waals surface area contributed by atoms with Gasteiger partial charge in [-0.25, -0.2) is 4.79 Å². The van der Waals surface area contributed by atoms with Gasteiger partial charge in [-0.15, -0.1) is 0 Å². The molecule has 3 N–H and O–H groups in total. The van der Waals surface area contributed by atoms with Gasteiger partial charge in [0.2, 0.25) is 0 Å². The summed E-state index contributed by atoms with van der Waals surface area (Å²) in [6.45, 7) is 5.79. The lowest BCUT2D eigenvalue weighted by Gasteiger charge is -2.40. The molecule has 73 heavy (non-hydrogen) atoms. The smallest absolute Gasteiger partial charge is 0.335 e. The Morgan fingerprint density at radius 1 is 0.479 bits per heavy atom. The number of aliphatic hydroxyl groups excluding tert-OH is 2. The van der Waals surface area contributed by atoms with Crippen LogP contribution in [0.1, 0.15) is 226 Å². The monoisotopic (exact) mass is 1020 g/mol. The van der Waals surface area contributed by atoms with Gasteiger partial charge in [0.1, 0.15) is 18.8 Å². The zero-order chi connectivity index (χ0) is 53.3. The lowest BCUT2D eigenvalue weighted by molar-refractivity contribution is -0.301. The van der Waals surface area contributed by atoms with Crippen LogP contribution in [0.3, 0.4) is 0 Å². The molecule has 0 saturated carbocycles. The number of carboxylic acids is 1. The van der Waals surface area contributed by atoms with E-state index in [1.165, 1.54) is 64.2 Å². The Balaban J connectivity index is 2.77. The second-order valence-electron chi connectivity index (χ2n) is 19.2. The summed E-state index contributed by atoms with van der Waals surface area (Å²) in [6, 6.07) is 0. The number of ether oxygens (including phenoxy) is 5. The number of hydrogen-bond acceptors (Lipinski definition) is 11. The maximum absolute atomic E-state index is 13.1. The molecule has 6 atom stereocenters. The molecule has 1 aliphatic rings. The molecular weight excluding hydrogens is 925 g/mol. The third-order valence-electron chi connectivity index (χ3n) is 12.5. The second kappa shape index (κ2) is 48.8. The molecule has 416 valence electrons. The Kier molecular flexibility index (Phi) is 44.7. The van der Waals surface area contributed by atoms with E-state index in [4.69, 9.17) is 23.7 Å². The Hall–Kier alpha value is -4.10. The van der Waals surface area contributed by atoms with E-state index in [0.29, 0.717) is 19.3 Å². The second-order valence-corrected chi connectivity index (χ2v) is 19.2. The van der Waals surface area contributed by atoms with Gasteiger partial charge in [-0.2, -0.15) is 0 Å². The SMILES string of the molecule is CC/C=C\C/C=C\C/C=C\C/C=C\C/C=C\CC(=O)OC1C(OCC(COC(=O)CCCCCCC/C=C\CCCCCCCC)OC(=O)CCCCCCC/C=C\CCCCCC)OC(C(=O)O)C(O)C1O. The van der Waals surface area contributed by atoms with Gasteiger partial charge >= 0.3 is 23.9 Å². The van der Waals surface area contributed by atoms with Crippen molar-refractivity contribution in [3.8, 4) is 0 Å². The number of carbonyl (C=O) groups is 4. The average molecular weight is 1030 g/mol. The number of allylic oxidation sites excluding steroid dienone is 13. The topological polar surface area (TPSA) is 175 Å². The Morgan fingerprint density at radius 3 is 1.38 bits per heavy atom. The number of unbranched alkanes of at least 4 members (excludes halogenated alkanes) is 20. The Morgan fingerprint density at radius 2 is 0.904 bits per heavy atom. The molecule has 0 aromatic rings. The first-order chi connectivity index (χ1) is 35.6. The molecule has 1 rings (SSSR count). The van der Waals surface area contributed by atoms with Crippen molar-refractivity contribution in [1.29, 1.82) is 0 Å². The van der Waals surface area contributed by atoms with Crippen LogP contribution in [-0.4, -0.2) is 89.2 Å². The predicted octanol–water partition coefficient (Wildman–Crippen LogP) is 14.3. The van der Waals surface area contributed by atoms with Gasteiger partial charge in [0.25, 0.3) is 0 Å². The van der Waals surface area contributed by atoms with Crippen LogP contribution in [-0.2, 0) is 42.9 Å². The Labute approximate surface area is 441 Å². The highest BCUT2D eigenvalue weighted by Gasteiger charge is 2.50. The molecule has 1 heterocycles. The van der Waals surface area contributed by atoms with Crippen LogP contribution < -0.4 is 0 Å². The van der Waals surface area contributed by atoms with Gasteiger partial charge in [0.05, 0.1) is 13.0 Å². The number of rotatable bonds is 47. The van der Waals surface area contributed by atoms with Crippen molar-refractivity contribution in [3.05, 3.63) is 85.1 Å². The summed E-state index contributed by atoms with van der Waals surface area (Å²) < 4.78 is 28.2. The summed E-state index contributed by atoms with van der Waals surface area (Å²) in [7, 11) is 0. The van der Waals surface area contributed by atoms with Crippen molar-refractivity contribution in [1.82, 2.24) is 0 Å². The predicted molar refractivity (Wildman–Crippen MR) is 294 cm³/mol. The fourth-order valence-corrected chi connectivity index (χ4v) is 8.08. The molecular formula is C61H100O12. The van der Waals surface area contributed by atoms with Crippen LogP contribution in [0.2, 0.25) is 0 Å². The lowest BCUT2D eigenvalue weighted by Crippen LogP contribution is -2.61. The van der Waals surface area contributed by atoms with Crippen LogP contribution in [0.4, 0.5) is 0 Å². The standard InChI is InChI=1S/C61H100O12/c1-4-7-10-13-16-19-22-25-27-30-32-35-38-41-44-47-53(62)69-50-52(71-54(63)48-45-42-39-36-33-29-24-21-18-15-12-9-6-3)51-70-61-59(57(66)56(65)58(73-61)60(67)68)72-55(64)49-46-43-40-37-34-31-28-26-23-20-17-14-11-8-5-2/h8,11,17,20-21,24-28,34,37,43,46,52,56-59,61,65-66H,4-7,9-10,12-16,18-19,22-23,29-33,35-36,38-42,44-45,47-51H2,1-3H3,(H,67,68)/b11-8-,20-17-,24-21-,27-25-,28-26-,37-34-,46-43-. The van der Waals surface area contributed by atoms with Crippen molar-refractivity contribution < 1.29 is 58.2 Å². The highest BCUT2D eigenvalue weighted by Crippen LogP contribution is 2.26. The van der Waals surface area contributed by atoms with Crippen molar-refractivity contribution in [2.75, 3.05) is 13.2 Å². The molecule has 12 heteroatoms. The van der Waals surface area contributed by atoms with E-state index < -0.39 is 67.3 Å². The van der Waals surface area contributed by atoms with E-state index in [-0.39, 0.29) is 25.9 Å². The zero-order valence-electron chi connectivity index (χ0n) is 45.6. The van der Waals surface area contributed by atoms with Crippen molar-refractivity contribution in [3.63, 3.8) is 0 Å². The average Bonchev–Trinajstić information content (AvgIpc) is 3.37. The first kappa shape index (κ1) is 66.9. The van der Waals surface area contributed by atoms with E-state index in [1.54, 1.807) is 12.2 Å². The minimum absolute atomic E-state index is 0.138. The van der Waals surface area contributed by atoms with Gasteiger partial charge in [0, 0.05) is 12.8 Å². The van der Waals surface area contributed by atoms with E-state index in [0.717, 1.165) is 103 Å². The van der Waals surface area contributed by atoms with Crippen LogP contribution in [0.25, 0.3) is 0 Å². The first-order valence-corrected chi connectivity index (χ1v) is 28.6. The summed E-state index contributed by atoms with van der Waals surface area (Å²) in [5.74, 6) is -3.31. The number of carboxylic acid groups (broad SMARTS) is 1. The summed E-state index contributed by atoms with van der Waals surface area (Å²) in [6.07, 6.45) is 50.1. The number of hydrogen-bond donors (Lipinski definition) is 3. The van der Waals surface area contributed by atoms with Gasteiger partial charge in [0.15, 0.2) is 24.6 Å². The van der Waals surface area contributed by atoms with Gasteiger partial charge in [-0.1, -0.05) is 196 Å². The largest absolute Gasteiger partial charge is 0.479 e. The molecule has 0 spiro atoms. The summed E-state index contributed by atoms with van der Waals surface area (Å²) in [4.78, 5) is 51.0. The molecule has 0 radical (unpaired) electrons. The van der Waals surface area contributed by atoms with Crippen LogP contribution in [0.15, 0.2) is 85.1 Å². The van der Waals surface area contributed by atoms with Crippen molar-refractivity contribution in [2.45, 2.75) is 263 Å². The van der Waals surface area contributed by atoms with Gasteiger partial charge < -0.3 is 39.0 Å². The maximum Gasteiger partial charge on any atom is 0.335 e.